The van der Waals surface area contributed by atoms with Crippen LogP contribution >= 0.6 is 15.9 Å². The van der Waals surface area contributed by atoms with Gasteiger partial charge < -0.3 is 5.32 Å². The number of hydrogen-bond acceptors (Lipinski definition) is 7. The Labute approximate surface area is 182 Å². The molecule has 2 aromatic heterocycles. The normalized spacial score (nSPS) is 11.0. The van der Waals surface area contributed by atoms with E-state index in [0.29, 0.717) is 17.8 Å². The van der Waals surface area contributed by atoms with Gasteiger partial charge in [-0.15, -0.1) is 0 Å². The van der Waals surface area contributed by atoms with Gasteiger partial charge in [-0.25, -0.2) is 10.1 Å². The van der Waals surface area contributed by atoms with Gasteiger partial charge in [0.1, 0.15) is 0 Å². The standard InChI is InChI=1S/C21H19BrN8/c1-14-11-15(2)30(29-14)21-26-19(24-18-9-4-3-5-10-18)25-20(27-21)28-23-13-16-7-6-8-17(22)12-16/h3-13H,1-2H3,(H2,24,25,26,27,28). The number of para-hydroxylation sites is 1. The largest absolute Gasteiger partial charge is 0.324 e. The van der Waals surface area contributed by atoms with E-state index >= 15 is 0 Å². The van der Waals surface area contributed by atoms with Crippen molar-refractivity contribution < 1.29 is 0 Å². The number of benzene rings is 2. The zero-order chi connectivity index (χ0) is 20.9. The number of rotatable bonds is 6. The van der Waals surface area contributed by atoms with Crippen LogP contribution in [0.1, 0.15) is 17.0 Å². The molecule has 2 aromatic carbocycles. The lowest BCUT2D eigenvalue weighted by Crippen LogP contribution is -2.11. The fourth-order valence-corrected chi connectivity index (χ4v) is 3.22. The van der Waals surface area contributed by atoms with Crippen LogP contribution < -0.4 is 10.7 Å². The fourth-order valence-electron chi connectivity index (χ4n) is 2.80. The maximum Gasteiger partial charge on any atom is 0.257 e. The lowest BCUT2D eigenvalue weighted by Gasteiger charge is -2.09. The summed E-state index contributed by atoms with van der Waals surface area (Å²) in [5, 5.41) is 11.9. The van der Waals surface area contributed by atoms with Gasteiger partial charge in [0.25, 0.3) is 5.95 Å². The van der Waals surface area contributed by atoms with E-state index in [1.54, 1.807) is 10.9 Å². The van der Waals surface area contributed by atoms with Crippen molar-refractivity contribution in [2.45, 2.75) is 13.8 Å². The highest BCUT2D eigenvalue weighted by Gasteiger charge is 2.12. The molecule has 0 radical (unpaired) electrons. The molecule has 0 aliphatic carbocycles. The summed E-state index contributed by atoms with van der Waals surface area (Å²) < 4.78 is 2.66. The van der Waals surface area contributed by atoms with Gasteiger partial charge in [0.15, 0.2) is 0 Å². The van der Waals surface area contributed by atoms with Crippen molar-refractivity contribution in [1.82, 2.24) is 24.7 Å². The number of nitrogens with one attached hydrogen (secondary N) is 2. The summed E-state index contributed by atoms with van der Waals surface area (Å²) >= 11 is 3.45. The number of nitrogens with zero attached hydrogens (tertiary/aromatic N) is 6. The molecule has 4 aromatic rings. The summed E-state index contributed by atoms with van der Waals surface area (Å²) in [6, 6.07) is 19.5. The van der Waals surface area contributed by atoms with Crippen molar-refractivity contribution in [3.8, 4) is 5.95 Å². The van der Waals surface area contributed by atoms with Crippen LogP contribution in [0.3, 0.4) is 0 Å². The maximum absolute atomic E-state index is 4.52. The van der Waals surface area contributed by atoms with Crippen LogP contribution in [0.25, 0.3) is 5.95 Å². The Morgan fingerprint density at radius 2 is 1.73 bits per heavy atom. The van der Waals surface area contributed by atoms with Crippen molar-refractivity contribution in [3.63, 3.8) is 0 Å². The van der Waals surface area contributed by atoms with E-state index in [-0.39, 0.29) is 0 Å². The summed E-state index contributed by atoms with van der Waals surface area (Å²) in [6.45, 7) is 3.88. The molecule has 0 fully saturated rings. The van der Waals surface area contributed by atoms with Gasteiger partial charge in [0.2, 0.25) is 11.9 Å². The Bertz CT molecular complexity index is 1190. The smallest absolute Gasteiger partial charge is 0.257 e. The second-order valence-electron chi connectivity index (χ2n) is 6.54. The third kappa shape index (κ3) is 4.87. The summed E-state index contributed by atoms with van der Waals surface area (Å²) in [4.78, 5) is 13.4. The Kier molecular flexibility index (Phi) is 5.80. The second-order valence-corrected chi connectivity index (χ2v) is 7.45. The van der Waals surface area contributed by atoms with E-state index in [9.17, 15) is 0 Å². The first kappa shape index (κ1) is 19.7. The first-order valence-corrected chi connectivity index (χ1v) is 10.0. The number of aryl methyl sites for hydroxylation is 2. The van der Waals surface area contributed by atoms with E-state index < -0.39 is 0 Å². The van der Waals surface area contributed by atoms with Gasteiger partial charge in [0, 0.05) is 15.9 Å². The van der Waals surface area contributed by atoms with Crippen LogP contribution in [0.4, 0.5) is 17.6 Å². The van der Waals surface area contributed by atoms with Crippen LogP contribution in [0.2, 0.25) is 0 Å². The zero-order valence-corrected chi connectivity index (χ0v) is 18.0. The predicted octanol–water partition coefficient (Wildman–Crippen LogP) is 4.63. The van der Waals surface area contributed by atoms with Crippen molar-refractivity contribution in [1.29, 1.82) is 0 Å². The SMILES string of the molecule is Cc1cc(C)n(-c2nc(NN=Cc3cccc(Br)c3)nc(Nc3ccccc3)n2)n1. The van der Waals surface area contributed by atoms with Gasteiger partial charge >= 0.3 is 0 Å². The van der Waals surface area contributed by atoms with Crippen molar-refractivity contribution >= 4 is 39.7 Å². The molecule has 0 atom stereocenters. The highest BCUT2D eigenvalue weighted by atomic mass is 79.9. The minimum absolute atomic E-state index is 0.303. The molecule has 8 nitrogen and oxygen atoms in total. The fraction of sp³-hybridized carbons (Fsp3) is 0.0952. The van der Waals surface area contributed by atoms with E-state index in [1.165, 1.54) is 0 Å². The number of anilines is 3. The Balaban J connectivity index is 1.65. The number of hydrogen-bond donors (Lipinski definition) is 2. The molecule has 0 amide bonds. The van der Waals surface area contributed by atoms with Crippen molar-refractivity contribution in [2.24, 2.45) is 5.10 Å². The predicted molar refractivity (Wildman–Crippen MR) is 122 cm³/mol. The number of aromatic nitrogens is 5. The van der Waals surface area contributed by atoms with E-state index in [1.807, 2.05) is 74.5 Å². The van der Waals surface area contributed by atoms with E-state index in [0.717, 1.165) is 27.1 Å². The quantitative estimate of drug-likeness (QED) is 0.320. The molecule has 9 heteroatoms. The van der Waals surface area contributed by atoms with E-state index in [4.69, 9.17) is 0 Å². The lowest BCUT2D eigenvalue weighted by atomic mass is 10.2. The van der Waals surface area contributed by atoms with Gasteiger partial charge in [-0.05, 0) is 49.7 Å². The van der Waals surface area contributed by atoms with Crippen LogP contribution in [0, 0.1) is 13.8 Å². The van der Waals surface area contributed by atoms with Crippen LogP contribution in [0.15, 0.2) is 70.2 Å². The molecule has 0 unspecified atom stereocenters. The van der Waals surface area contributed by atoms with Gasteiger partial charge in [0.05, 0.1) is 11.9 Å². The average molecular weight is 463 g/mol. The zero-order valence-electron chi connectivity index (χ0n) is 16.4. The van der Waals surface area contributed by atoms with Crippen molar-refractivity contribution in [3.05, 3.63) is 82.1 Å². The third-order valence-electron chi connectivity index (χ3n) is 4.08. The van der Waals surface area contributed by atoms with Gasteiger partial charge in [-0.1, -0.05) is 46.3 Å². The molecule has 0 saturated heterocycles. The molecule has 0 saturated carbocycles. The first-order chi connectivity index (χ1) is 14.6. The molecule has 30 heavy (non-hydrogen) atoms. The Morgan fingerprint density at radius 1 is 0.933 bits per heavy atom. The average Bonchev–Trinajstić information content (AvgIpc) is 3.07. The first-order valence-electron chi connectivity index (χ1n) is 9.23. The molecule has 2 N–H and O–H groups in total. The molecule has 2 heterocycles. The molecule has 0 aliphatic heterocycles. The minimum atomic E-state index is 0.303. The van der Waals surface area contributed by atoms with Crippen LogP contribution in [0.5, 0.6) is 0 Å². The summed E-state index contributed by atoms with van der Waals surface area (Å²) in [5.74, 6) is 1.09. The minimum Gasteiger partial charge on any atom is -0.324 e. The highest BCUT2D eigenvalue weighted by molar-refractivity contribution is 9.10. The third-order valence-corrected chi connectivity index (χ3v) is 4.57. The molecular formula is C21H19BrN8. The van der Waals surface area contributed by atoms with Crippen LogP contribution in [-0.4, -0.2) is 30.9 Å². The highest BCUT2D eigenvalue weighted by Crippen LogP contribution is 2.16. The summed E-state index contributed by atoms with van der Waals surface area (Å²) in [5.41, 5.74) is 6.50. The van der Waals surface area contributed by atoms with E-state index in [2.05, 4.69) is 51.8 Å². The number of hydrazone groups is 1. The number of halogens is 1. The Hall–Kier alpha value is -3.59. The molecule has 0 bridgehead atoms. The monoisotopic (exact) mass is 462 g/mol. The molecule has 0 aliphatic rings. The van der Waals surface area contributed by atoms with Crippen molar-refractivity contribution in [2.75, 3.05) is 10.7 Å². The lowest BCUT2D eigenvalue weighted by molar-refractivity contribution is 0.767. The topological polar surface area (TPSA) is 92.9 Å². The van der Waals surface area contributed by atoms with Gasteiger partial charge in [-0.2, -0.15) is 25.2 Å². The molecular weight excluding hydrogens is 444 g/mol. The van der Waals surface area contributed by atoms with Crippen LogP contribution in [-0.2, 0) is 0 Å². The molecule has 4 rings (SSSR count). The summed E-state index contributed by atoms with van der Waals surface area (Å²) in [6.07, 6.45) is 1.70. The molecule has 0 spiro atoms. The maximum atomic E-state index is 4.52. The molecule has 150 valence electrons. The van der Waals surface area contributed by atoms with Gasteiger partial charge in [-0.3, -0.25) is 0 Å². The Morgan fingerprint density at radius 3 is 2.47 bits per heavy atom. The summed E-state index contributed by atoms with van der Waals surface area (Å²) in [7, 11) is 0. The second kappa shape index (κ2) is 8.83.